The number of anilines is 1. The second-order valence-corrected chi connectivity index (χ2v) is 8.59. The third-order valence-corrected chi connectivity index (χ3v) is 5.89. The van der Waals surface area contributed by atoms with Crippen LogP contribution in [0.2, 0.25) is 10.0 Å². The second-order valence-electron chi connectivity index (χ2n) is 6.91. The Labute approximate surface area is 206 Å². The molecule has 1 aromatic heterocycles. The summed E-state index contributed by atoms with van der Waals surface area (Å²) >= 11 is 13.1. The molecule has 0 bridgehead atoms. The van der Waals surface area contributed by atoms with Crippen LogP contribution in [-0.4, -0.2) is 74.7 Å². The van der Waals surface area contributed by atoms with E-state index in [1.807, 2.05) is 0 Å². The standard InChI is InChI=1S/C21H26Cl2N4O5S/c1-31-8-3-6-24-18(28)11-15-13-33-21(25-15)26-19(29)12-27(7-9-32-2)20(30)14-4-5-16(22)17(23)10-14/h4-5,10,13H,3,6-9,11-12H2,1-2H3,(H,24,28)(H,25,26,29). The molecule has 0 unspecified atom stereocenters. The number of thiazole rings is 1. The molecule has 9 nitrogen and oxygen atoms in total. The predicted molar refractivity (Wildman–Crippen MR) is 128 cm³/mol. The van der Waals surface area contributed by atoms with Crippen molar-refractivity contribution in [1.29, 1.82) is 0 Å². The van der Waals surface area contributed by atoms with E-state index in [1.165, 1.54) is 35.5 Å². The van der Waals surface area contributed by atoms with Gasteiger partial charge in [0, 0.05) is 44.9 Å². The molecule has 0 aliphatic heterocycles. The van der Waals surface area contributed by atoms with Crippen molar-refractivity contribution in [3.05, 3.63) is 44.9 Å². The van der Waals surface area contributed by atoms with E-state index in [4.69, 9.17) is 32.7 Å². The van der Waals surface area contributed by atoms with Crippen LogP contribution in [0.25, 0.3) is 0 Å². The number of ether oxygens (including phenoxy) is 2. The van der Waals surface area contributed by atoms with Crippen LogP contribution in [0.15, 0.2) is 23.6 Å². The third-order valence-electron chi connectivity index (χ3n) is 4.34. The first-order valence-corrected chi connectivity index (χ1v) is 11.7. The van der Waals surface area contributed by atoms with Crippen LogP contribution in [0.1, 0.15) is 22.5 Å². The van der Waals surface area contributed by atoms with Crippen LogP contribution in [0.5, 0.6) is 0 Å². The van der Waals surface area contributed by atoms with Crippen molar-refractivity contribution in [2.75, 3.05) is 52.4 Å². The van der Waals surface area contributed by atoms with E-state index in [1.54, 1.807) is 18.6 Å². The van der Waals surface area contributed by atoms with Gasteiger partial charge in [0.25, 0.3) is 5.91 Å². The van der Waals surface area contributed by atoms with Crippen molar-refractivity contribution >= 4 is 57.4 Å². The minimum atomic E-state index is -0.426. The number of benzene rings is 1. The molecule has 0 radical (unpaired) electrons. The monoisotopic (exact) mass is 516 g/mol. The molecule has 3 amide bonds. The molecule has 0 aliphatic rings. The summed E-state index contributed by atoms with van der Waals surface area (Å²) in [5, 5.41) is 8.07. The first-order valence-electron chi connectivity index (χ1n) is 10.1. The summed E-state index contributed by atoms with van der Waals surface area (Å²) in [6.45, 7) is 1.33. The van der Waals surface area contributed by atoms with Gasteiger partial charge in [-0.2, -0.15) is 0 Å². The van der Waals surface area contributed by atoms with Gasteiger partial charge in [0.2, 0.25) is 11.8 Å². The van der Waals surface area contributed by atoms with E-state index < -0.39 is 5.91 Å². The molecule has 180 valence electrons. The van der Waals surface area contributed by atoms with Crippen LogP contribution < -0.4 is 10.6 Å². The zero-order valence-electron chi connectivity index (χ0n) is 18.4. The van der Waals surface area contributed by atoms with Crippen LogP contribution in [0.3, 0.4) is 0 Å². The van der Waals surface area contributed by atoms with Gasteiger partial charge in [-0.3, -0.25) is 14.4 Å². The van der Waals surface area contributed by atoms with Crippen LogP contribution in [0.4, 0.5) is 5.13 Å². The van der Waals surface area contributed by atoms with E-state index in [9.17, 15) is 14.4 Å². The van der Waals surface area contributed by atoms with Gasteiger partial charge >= 0.3 is 0 Å². The van der Waals surface area contributed by atoms with Gasteiger partial charge in [-0.25, -0.2) is 4.98 Å². The number of amides is 3. The molecule has 0 saturated heterocycles. The summed E-state index contributed by atoms with van der Waals surface area (Å²) in [5.41, 5.74) is 0.851. The second kappa shape index (κ2) is 14.1. The number of nitrogens with one attached hydrogen (secondary N) is 2. The van der Waals surface area contributed by atoms with Gasteiger partial charge in [-0.15, -0.1) is 11.3 Å². The fourth-order valence-corrected chi connectivity index (χ4v) is 3.74. The highest BCUT2D eigenvalue weighted by atomic mass is 35.5. The fraction of sp³-hybridized carbons (Fsp3) is 0.429. The minimum absolute atomic E-state index is 0.106. The summed E-state index contributed by atoms with van der Waals surface area (Å²) in [4.78, 5) is 43.0. The summed E-state index contributed by atoms with van der Waals surface area (Å²) in [6.07, 6.45) is 0.830. The molecular weight excluding hydrogens is 491 g/mol. The molecule has 0 atom stereocenters. The van der Waals surface area contributed by atoms with Crippen molar-refractivity contribution in [3.63, 3.8) is 0 Å². The molecule has 1 heterocycles. The number of rotatable bonds is 13. The van der Waals surface area contributed by atoms with E-state index >= 15 is 0 Å². The maximum absolute atomic E-state index is 12.9. The number of carbonyl (C=O) groups is 3. The number of carbonyl (C=O) groups excluding carboxylic acids is 3. The Balaban J connectivity index is 1.93. The first kappa shape index (κ1) is 27.0. The lowest BCUT2D eigenvalue weighted by molar-refractivity contribution is -0.120. The van der Waals surface area contributed by atoms with E-state index in [-0.39, 0.29) is 43.0 Å². The van der Waals surface area contributed by atoms with Crippen molar-refractivity contribution in [2.45, 2.75) is 12.8 Å². The van der Waals surface area contributed by atoms with Gasteiger partial charge < -0.3 is 25.0 Å². The third kappa shape index (κ3) is 9.26. The molecule has 33 heavy (non-hydrogen) atoms. The lowest BCUT2D eigenvalue weighted by atomic mass is 10.2. The zero-order chi connectivity index (χ0) is 24.2. The van der Waals surface area contributed by atoms with E-state index in [2.05, 4.69) is 15.6 Å². The number of halogens is 2. The van der Waals surface area contributed by atoms with Gasteiger partial charge in [-0.05, 0) is 24.6 Å². The molecule has 0 aliphatic carbocycles. The van der Waals surface area contributed by atoms with Crippen LogP contribution in [0, 0.1) is 0 Å². The Bertz CT molecular complexity index is 956. The van der Waals surface area contributed by atoms with Crippen LogP contribution >= 0.6 is 34.5 Å². The van der Waals surface area contributed by atoms with Gasteiger partial charge in [0.1, 0.15) is 6.54 Å². The first-order chi connectivity index (χ1) is 15.8. The number of hydrogen-bond donors (Lipinski definition) is 2. The van der Waals surface area contributed by atoms with Crippen LogP contribution in [-0.2, 0) is 25.5 Å². The normalized spacial score (nSPS) is 10.7. The minimum Gasteiger partial charge on any atom is -0.385 e. The maximum Gasteiger partial charge on any atom is 0.254 e. The van der Waals surface area contributed by atoms with Gasteiger partial charge in [-0.1, -0.05) is 23.2 Å². The smallest absolute Gasteiger partial charge is 0.254 e. The quantitative estimate of drug-likeness (QED) is 0.396. The number of hydrogen-bond acceptors (Lipinski definition) is 7. The molecule has 0 saturated carbocycles. The zero-order valence-corrected chi connectivity index (χ0v) is 20.7. The Morgan fingerprint density at radius 1 is 1.09 bits per heavy atom. The number of aromatic nitrogens is 1. The molecule has 2 rings (SSSR count). The topological polar surface area (TPSA) is 110 Å². The average molecular weight is 517 g/mol. The summed E-state index contributed by atoms with van der Waals surface area (Å²) in [6, 6.07) is 4.52. The van der Waals surface area contributed by atoms with E-state index in [0.29, 0.717) is 34.6 Å². The average Bonchev–Trinajstić information content (AvgIpc) is 3.21. The Morgan fingerprint density at radius 3 is 2.55 bits per heavy atom. The molecule has 1 aromatic carbocycles. The summed E-state index contributed by atoms with van der Waals surface area (Å²) < 4.78 is 9.99. The van der Waals surface area contributed by atoms with Gasteiger partial charge in [0.15, 0.2) is 5.13 Å². The molecule has 2 aromatic rings. The fourth-order valence-electron chi connectivity index (χ4n) is 2.71. The molecule has 0 fully saturated rings. The Kier molecular flexibility index (Phi) is 11.6. The Morgan fingerprint density at radius 2 is 1.85 bits per heavy atom. The van der Waals surface area contributed by atoms with Crippen molar-refractivity contribution in [2.24, 2.45) is 0 Å². The van der Waals surface area contributed by atoms with Crippen molar-refractivity contribution in [3.8, 4) is 0 Å². The SMILES string of the molecule is COCCCNC(=O)Cc1csc(NC(=O)CN(CCOC)C(=O)c2ccc(Cl)c(Cl)c2)n1. The van der Waals surface area contributed by atoms with Crippen molar-refractivity contribution in [1.82, 2.24) is 15.2 Å². The highest BCUT2D eigenvalue weighted by Gasteiger charge is 2.20. The molecule has 2 N–H and O–H groups in total. The lowest BCUT2D eigenvalue weighted by Gasteiger charge is -2.22. The van der Waals surface area contributed by atoms with Crippen molar-refractivity contribution < 1.29 is 23.9 Å². The maximum atomic E-state index is 12.9. The highest BCUT2D eigenvalue weighted by Crippen LogP contribution is 2.23. The summed E-state index contributed by atoms with van der Waals surface area (Å²) in [7, 11) is 3.11. The highest BCUT2D eigenvalue weighted by molar-refractivity contribution is 7.13. The lowest BCUT2D eigenvalue weighted by Crippen LogP contribution is -2.40. The molecular formula is C21H26Cl2N4O5S. The number of methoxy groups -OCH3 is 2. The Hall–Kier alpha value is -2.24. The molecule has 0 spiro atoms. The summed E-state index contributed by atoms with van der Waals surface area (Å²) in [5.74, 6) is -0.970. The number of nitrogens with zero attached hydrogens (tertiary/aromatic N) is 2. The predicted octanol–water partition coefficient (Wildman–Crippen LogP) is 2.87. The van der Waals surface area contributed by atoms with E-state index in [0.717, 1.165) is 6.42 Å². The molecule has 12 heteroatoms. The van der Waals surface area contributed by atoms with Gasteiger partial charge in [0.05, 0.1) is 28.8 Å². The largest absolute Gasteiger partial charge is 0.385 e.